The maximum Gasteiger partial charge on any atom is 0.254 e. The summed E-state index contributed by atoms with van der Waals surface area (Å²) in [6.07, 6.45) is 1.89. The van der Waals surface area contributed by atoms with Crippen molar-refractivity contribution in [2.75, 3.05) is 26.2 Å². The van der Waals surface area contributed by atoms with Crippen molar-refractivity contribution in [3.05, 3.63) is 36.0 Å². The molecule has 2 fully saturated rings. The van der Waals surface area contributed by atoms with Crippen molar-refractivity contribution in [1.82, 2.24) is 15.2 Å². The summed E-state index contributed by atoms with van der Waals surface area (Å²) in [6, 6.07) is 7.88. The minimum absolute atomic E-state index is 0.180. The highest BCUT2D eigenvalue weighted by Crippen LogP contribution is 2.28. The lowest BCUT2D eigenvalue weighted by molar-refractivity contribution is 0.0783. The van der Waals surface area contributed by atoms with Gasteiger partial charge in [-0.1, -0.05) is 6.07 Å². The van der Waals surface area contributed by atoms with Crippen molar-refractivity contribution >= 4 is 16.8 Å². The number of carbonyl (C=O) groups is 1. The van der Waals surface area contributed by atoms with E-state index in [-0.39, 0.29) is 5.91 Å². The Bertz CT molecular complexity index is 621. The van der Waals surface area contributed by atoms with E-state index in [1.54, 1.807) is 0 Å². The number of rotatable bonds is 1. The molecule has 0 saturated carbocycles. The zero-order valence-corrected chi connectivity index (χ0v) is 10.7. The number of likely N-dealkylation sites (tertiary alicyclic amines) is 1. The molecule has 2 aliphatic heterocycles. The molecule has 2 saturated heterocycles. The smallest absolute Gasteiger partial charge is 0.254 e. The van der Waals surface area contributed by atoms with Gasteiger partial charge in [-0.3, -0.25) is 4.79 Å². The summed E-state index contributed by atoms with van der Waals surface area (Å²) >= 11 is 0. The summed E-state index contributed by atoms with van der Waals surface area (Å²) in [4.78, 5) is 17.9. The van der Waals surface area contributed by atoms with Crippen LogP contribution in [0.1, 0.15) is 10.4 Å². The van der Waals surface area contributed by atoms with Crippen LogP contribution in [0.3, 0.4) is 0 Å². The van der Waals surface area contributed by atoms with Crippen molar-refractivity contribution < 1.29 is 4.79 Å². The topological polar surface area (TPSA) is 48.1 Å². The normalized spacial score (nSPS) is 26.0. The second-order valence-corrected chi connectivity index (χ2v) is 5.63. The number of benzene rings is 1. The predicted octanol–water partition coefficient (Wildman–Crippen LogP) is 1.46. The molecule has 2 aromatic rings. The maximum atomic E-state index is 12.7. The Kier molecular flexibility index (Phi) is 2.38. The van der Waals surface area contributed by atoms with Gasteiger partial charge in [0.25, 0.3) is 5.91 Å². The Morgan fingerprint density at radius 3 is 2.74 bits per heavy atom. The number of amides is 1. The highest BCUT2D eigenvalue weighted by atomic mass is 16.2. The van der Waals surface area contributed by atoms with Crippen molar-refractivity contribution in [2.45, 2.75) is 0 Å². The van der Waals surface area contributed by atoms with Crippen LogP contribution in [0.25, 0.3) is 10.9 Å². The molecule has 19 heavy (non-hydrogen) atoms. The van der Waals surface area contributed by atoms with E-state index < -0.39 is 0 Å². The Labute approximate surface area is 111 Å². The van der Waals surface area contributed by atoms with E-state index in [2.05, 4.69) is 10.3 Å². The molecular weight excluding hydrogens is 238 g/mol. The Morgan fingerprint density at radius 1 is 1.16 bits per heavy atom. The van der Waals surface area contributed by atoms with Crippen LogP contribution in [0.15, 0.2) is 30.5 Å². The van der Waals surface area contributed by atoms with Gasteiger partial charge in [-0.2, -0.15) is 0 Å². The average molecular weight is 255 g/mol. The monoisotopic (exact) mass is 255 g/mol. The Hall–Kier alpha value is -1.81. The summed E-state index contributed by atoms with van der Waals surface area (Å²) in [6.45, 7) is 3.92. The first kappa shape index (κ1) is 11.1. The van der Waals surface area contributed by atoms with Crippen LogP contribution in [-0.2, 0) is 0 Å². The van der Waals surface area contributed by atoms with Gasteiger partial charge in [0.15, 0.2) is 0 Å². The number of nitrogens with one attached hydrogen (secondary N) is 2. The third-order valence-corrected chi connectivity index (χ3v) is 4.50. The number of nitrogens with zero attached hydrogens (tertiary/aromatic N) is 1. The summed E-state index contributed by atoms with van der Waals surface area (Å²) in [5.41, 5.74) is 1.86. The molecule has 1 aromatic carbocycles. The average Bonchev–Trinajstić information content (AvgIpc) is 3.11. The third kappa shape index (κ3) is 1.67. The highest BCUT2D eigenvalue weighted by Gasteiger charge is 2.38. The zero-order chi connectivity index (χ0) is 12.8. The minimum Gasteiger partial charge on any atom is -0.361 e. The zero-order valence-electron chi connectivity index (χ0n) is 10.7. The van der Waals surface area contributed by atoms with Gasteiger partial charge >= 0.3 is 0 Å². The number of hydrogen-bond acceptors (Lipinski definition) is 2. The molecule has 0 spiro atoms. The van der Waals surface area contributed by atoms with E-state index in [1.807, 2.05) is 35.4 Å². The first-order valence-electron chi connectivity index (χ1n) is 6.89. The van der Waals surface area contributed by atoms with E-state index in [0.717, 1.165) is 42.6 Å². The maximum absolute atomic E-state index is 12.7. The number of aromatic amines is 1. The van der Waals surface area contributed by atoms with Gasteiger partial charge < -0.3 is 15.2 Å². The summed E-state index contributed by atoms with van der Waals surface area (Å²) in [5.74, 6) is 1.48. The standard InChI is InChI=1S/C15H17N3O/c19-15(18-8-10-6-16-7-11(10)9-18)13-2-1-3-14-12(13)4-5-17-14/h1-5,10-11,16-17H,6-9H2. The second kappa shape index (κ2) is 4.10. The summed E-state index contributed by atoms with van der Waals surface area (Å²) < 4.78 is 0. The fourth-order valence-corrected chi connectivity index (χ4v) is 3.46. The molecule has 0 radical (unpaired) electrons. The highest BCUT2D eigenvalue weighted by molar-refractivity contribution is 6.06. The van der Waals surface area contributed by atoms with Crippen LogP contribution in [0.2, 0.25) is 0 Å². The van der Waals surface area contributed by atoms with Crippen LogP contribution >= 0.6 is 0 Å². The molecule has 1 amide bonds. The van der Waals surface area contributed by atoms with Gasteiger partial charge in [-0.05, 0) is 30.0 Å². The van der Waals surface area contributed by atoms with Gasteiger partial charge in [-0.15, -0.1) is 0 Å². The number of aromatic nitrogens is 1. The molecule has 4 heteroatoms. The quantitative estimate of drug-likeness (QED) is 0.810. The lowest BCUT2D eigenvalue weighted by Crippen LogP contribution is -2.31. The van der Waals surface area contributed by atoms with Gasteiger partial charge in [-0.25, -0.2) is 0 Å². The second-order valence-electron chi connectivity index (χ2n) is 5.63. The van der Waals surface area contributed by atoms with Gasteiger partial charge in [0.05, 0.1) is 0 Å². The molecule has 2 unspecified atom stereocenters. The van der Waals surface area contributed by atoms with Gasteiger partial charge in [0, 0.05) is 48.8 Å². The predicted molar refractivity (Wildman–Crippen MR) is 74.1 cm³/mol. The number of carbonyl (C=O) groups excluding carboxylic acids is 1. The largest absolute Gasteiger partial charge is 0.361 e. The minimum atomic E-state index is 0.180. The van der Waals surface area contributed by atoms with Crippen LogP contribution in [-0.4, -0.2) is 42.0 Å². The molecule has 2 atom stereocenters. The van der Waals surface area contributed by atoms with Crippen LogP contribution in [0.5, 0.6) is 0 Å². The van der Waals surface area contributed by atoms with Crippen molar-refractivity contribution in [1.29, 1.82) is 0 Å². The lowest BCUT2D eigenvalue weighted by Gasteiger charge is -2.18. The van der Waals surface area contributed by atoms with Crippen LogP contribution in [0, 0.1) is 11.8 Å². The summed E-state index contributed by atoms with van der Waals surface area (Å²) in [5, 5.41) is 4.44. The van der Waals surface area contributed by atoms with Gasteiger partial charge in [0.1, 0.15) is 0 Å². The number of fused-ring (bicyclic) bond motifs is 2. The molecule has 0 aliphatic carbocycles. The molecule has 4 nitrogen and oxygen atoms in total. The molecule has 0 bridgehead atoms. The van der Waals surface area contributed by atoms with E-state index in [9.17, 15) is 4.79 Å². The third-order valence-electron chi connectivity index (χ3n) is 4.50. The molecule has 2 N–H and O–H groups in total. The molecule has 3 heterocycles. The Morgan fingerprint density at radius 2 is 1.95 bits per heavy atom. The molecule has 1 aromatic heterocycles. The SMILES string of the molecule is O=C(c1cccc2[nH]ccc12)N1CC2CNCC2C1. The lowest BCUT2D eigenvalue weighted by atomic mass is 10.0. The van der Waals surface area contributed by atoms with Crippen molar-refractivity contribution in [3.8, 4) is 0 Å². The number of H-pyrrole nitrogens is 1. The number of hydrogen-bond donors (Lipinski definition) is 2. The van der Waals surface area contributed by atoms with E-state index >= 15 is 0 Å². The van der Waals surface area contributed by atoms with E-state index in [1.165, 1.54) is 0 Å². The summed E-state index contributed by atoms with van der Waals surface area (Å²) in [7, 11) is 0. The van der Waals surface area contributed by atoms with Crippen LogP contribution in [0.4, 0.5) is 0 Å². The molecule has 4 rings (SSSR count). The van der Waals surface area contributed by atoms with Crippen molar-refractivity contribution in [2.24, 2.45) is 11.8 Å². The molecule has 98 valence electrons. The fraction of sp³-hybridized carbons (Fsp3) is 0.400. The van der Waals surface area contributed by atoms with Crippen molar-refractivity contribution in [3.63, 3.8) is 0 Å². The fourth-order valence-electron chi connectivity index (χ4n) is 3.46. The van der Waals surface area contributed by atoms with Crippen LogP contribution < -0.4 is 5.32 Å². The molecule has 2 aliphatic rings. The van der Waals surface area contributed by atoms with E-state index in [4.69, 9.17) is 0 Å². The molecular formula is C15H17N3O. The Balaban J connectivity index is 1.65. The van der Waals surface area contributed by atoms with Gasteiger partial charge in [0.2, 0.25) is 0 Å². The first-order valence-corrected chi connectivity index (χ1v) is 6.89. The first-order chi connectivity index (χ1) is 9.33. The van der Waals surface area contributed by atoms with E-state index in [0.29, 0.717) is 11.8 Å².